The van der Waals surface area contributed by atoms with Crippen molar-refractivity contribution in [1.29, 1.82) is 0 Å². The second kappa shape index (κ2) is 6.02. The fourth-order valence-electron chi connectivity index (χ4n) is 3.19. The number of hydrogen-bond donors (Lipinski definition) is 1. The Bertz CT molecular complexity index is 193. The predicted molar refractivity (Wildman–Crippen MR) is 67.6 cm³/mol. The second-order valence-electron chi connectivity index (χ2n) is 5.76. The predicted octanol–water partition coefficient (Wildman–Crippen LogP) is 2.97. The number of hydrogen-bond acceptors (Lipinski definition) is 2. The molecule has 0 spiro atoms. The third-order valence-corrected chi connectivity index (χ3v) is 4.44. The monoisotopic (exact) mass is 225 g/mol. The molecule has 2 aliphatic rings. The van der Waals surface area contributed by atoms with Crippen LogP contribution in [0.4, 0.5) is 0 Å². The Kier molecular flexibility index (Phi) is 4.66. The highest BCUT2D eigenvalue weighted by Gasteiger charge is 2.27. The van der Waals surface area contributed by atoms with Crippen LogP contribution >= 0.6 is 0 Å². The number of rotatable bonds is 4. The molecule has 0 bridgehead atoms. The van der Waals surface area contributed by atoms with Crippen molar-refractivity contribution in [2.75, 3.05) is 13.2 Å². The Labute approximate surface area is 100 Å². The van der Waals surface area contributed by atoms with Gasteiger partial charge in [-0.1, -0.05) is 13.8 Å². The largest absolute Gasteiger partial charge is 0.381 e. The van der Waals surface area contributed by atoms with Gasteiger partial charge in [0.2, 0.25) is 0 Å². The third kappa shape index (κ3) is 3.21. The third-order valence-electron chi connectivity index (χ3n) is 4.44. The van der Waals surface area contributed by atoms with Gasteiger partial charge in [-0.2, -0.15) is 0 Å². The van der Waals surface area contributed by atoms with Crippen molar-refractivity contribution in [3.05, 3.63) is 0 Å². The molecule has 16 heavy (non-hydrogen) atoms. The maximum absolute atomic E-state index is 5.51. The summed E-state index contributed by atoms with van der Waals surface area (Å²) >= 11 is 0. The first-order valence-corrected chi connectivity index (χ1v) is 7.13. The highest BCUT2D eigenvalue weighted by molar-refractivity contribution is 4.84. The van der Waals surface area contributed by atoms with E-state index in [0.29, 0.717) is 6.04 Å². The molecule has 2 atom stereocenters. The molecule has 0 radical (unpaired) electrons. The Hall–Kier alpha value is -0.0800. The lowest BCUT2D eigenvalue weighted by Crippen LogP contribution is -2.44. The second-order valence-corrected chi connectivity index (χ2v) is 5.76. The lowest BCUT2D eigenvalue weighted by atomic mass is 9.86. The fraction of sp³-hybridized carbons (Fsp3) is 1.00. The van der Waals surface area contributed by atoms with E-state index in [4.69, 9.17) is 4.74 Å². The van der Waals surface area contributed by atoms with Crippen molar-refractivity contribution in [3.63, 3.8) is 0 Å². The van der Waals surface area contributed by atoms with Gasteiger partial charge in [-0.25, -0.2) is 0 Å². The normalized spacial score (nSPS) is 37.5. The van der Waals surface area contributed by atoms with Gasteiger partial charge in [0.25, 0.3) is 0 Å². The van der Waals surface area contributed by atoms with Crippen LogP contribution in [0.25, 0.3) is 0 Å². The first-order valence-electron chi connectivity index (χ1n) is 7.13. The molecule has 0 aromatic heterocycles. The summed E-state index contributed by atoms with van der Waals surface area (Å²) in [7, 11) is 0. The van der Waals surface area contributed by atoms with Crippen LogP contribution in [0.2, 0.25) is 0 Å². The molecule has 2 unspecified atom stereocenters. The van der Waals surface area contributed by atoms with Crippen LogP contribution in [0.1, 0.15) is 52.4 Å². The Morgan fingerprint density at radius 3 is 2.50 bits per heavy atom. The average molecular weight is 225 g/mol. The van der Waals surface area contributed by atoms with E-state index in [9.17, 15) is 0 Å². The minimum atomic E-state index is 0.695. The van der Waals surface area contributed by atoms with Crippen molar-refractivity contribution >= 4 is 0 Å². The molecule has 0 aromatic rings. The highest BCUT2D eigenvalue weighted by Crippen LogP contribution is 2.26. The lowest BCUT2D eigenvalue weighted by Gasteiger charge is -2.32. The summed E-state index contributed by atoms with van der Waals surface area (Å²) in [5.74, 6) is 1.72. The molecule has 2 nitrogen and oxygen atoms in total. The van der Waals surface area contributed by atoms with Crippen LogP contribution in [0, 0.1) is 11.8 Å². The summed E-state index contributed by atoms with van der Waals surface area (Å²) < 4.78 is 5.51. The van der Waals surface area contributed by atoms with Crippen molar-refractivity contribution in [2.45, 2.75) is 64.5 Å². The molecule has 94 valence electrons. The molecule has 1 heterocycles. The fourth-order valence-corrected chi connectivity index (χ4v) is 3.19. The van der Waals surface area contributed by atoms with Gasteiger partial charge in [0.1, 0.15) is 0 Å². The van der Waals surface area contributed by atoms with Crippen LogP contribution in [0.15, 0.2) is 0 Å². The first-order chi connectivity index (χ1) is 7.79. The molecular formula is C14H27NO. The van der Waals surface area contributed by atoms with Crippen LogP contribution in [-0.4, -0.2) is 25.3 Å². The van der Waals surface area contributed by atoms with E-state index >= 15 is 0 Å². The zero-order chi connectivity index (χ0) is 11.4. The van der Waals surface area contributed by atoms with E-state index in [1.807, 2.05) is 0 Å². The lowest BCUT2D eigenvalue weighted by molar-refractivity contribution is 0.169. The summed E-state index contributed by atoms with van der Waals surface area (Å²) in [5.41, 5.74) is 0. The smallest absolute Gasteiger partial charge is 0.0510 e. The molecule has 0 amide bonds. The topological polar surface area (TPSA) is 21.3 Å². The Balaban J connectivity index is 1.77. The van der Waals surface area contributed by atoms with Crippen LogP contribution in [0.5, 0.6) is 0 Å². The molecule has 2 fully saturated rings. The van der Waals surface area contributed by atoms with Gasteiger partial charge in [-0.15, -0.1) is 0 Å². The summed E-state index contributed by atoms with van der Waals surface area (Å²) in [4.78, 5) is 0. The summed E-state index contributed by atoms with van der Waals surface area (Å²) in [6.45, 7) is 6.65. The van der Waals surface area contributed by atoms with Gasteiger partial charge >= 0.3 is 0 Å². The molecular weight excluding hydrogens is 198 g/mol. The minimum absolute atomic E-state index is 0.695. The van der Waals surface area contributed by atoms with Crippen LogP contribution in [0.3, 0.4) is 0 Å². The highest BCUT2D eigenvalue weighted by atomic mass is 16.5. The van der Waals surface area contributed by atoms with E-state index in [-0.39, 0.29) is 0 Å². The van der Waals surface area contributed by atoms with E-state index in [0.717, 1.165) is 31.1 Å². The summed E-state index contributed by atoms with van der Waals surface area (Å²) in [6, 6.07) is 1.47. The molecule has 0 aromatic carbocycles. The average Bonchev–Trinajstić information content (AvgIpc) is 2.82. The van der Waals surface area contributed by atoms with E-state index < -0.39 is 0 Å². The number of ether oxygens (including phenoxy) is 1. The molecule has 1 aliphatic heterocycles. The number of nitrogens with one attached hydrogen (secondary N) is 1. The molecule has 1 saturated carbocycles. The van der Waals surface area contributed by atoms with E-state index in [1.165, 1.54) is 38.5 Å². The van der Waals surface area contributed by atoms with Gasteiger partial charge in [-0.3, -0.25) is 0 Å². The summed E-state index contributed by atoms with van der Waals surface area (Å²) in [5, 5.41) is 3.89. The van der Waals surface area contributed by atoms with Gasteiger partial charge in [0.05, 0.1) is 6.61 Å². The maximum Gasteiger partial charge on any atom is 0.0510 e. The Morgan fingerprint density at radius 2 is 1.94 bits per heavy atom. The van der Waals surface area contributed by atoms with E-state index in [2.05, 4.69) is 19.2 Å². The van der Waals surface area contributed by atoms with Gasteiger partial charge in [0, 0.05) is 18.7 Å². The van der Waals surface area contributed by atoms with Crippen molar-refractivity contribution in [2.24, 2.45) is 11.8 Å². The zero-order valence-corrected chi connectivity index (χ0v) is 10.9. The van der Waals surface area contributed by atoms with Gasteiger partial charge < -0.3 is 10.1 Å². The molecule has 1 saturated heterocycles. The van der Waals surface area contributed by atoms with Gasteiger partial charge in [-0.05, 0) is 50.4 Å². The van der Waals surface area contributed by atoms with Crippen molar-refractivity contribution in [3.8, 4) is 0 Å². The quantitative estimate of drug-likeness (QED) is 0.794. The minimum Gasteiger partial charge on any atom is -0.381 e. The van der Waals surface area contributed by atoms with E-state index in [1.54, 1.807) is 0 Å². The molecule has 2 rings (SSSR count). The molecule has 1 aliphatic carbocycles. The SMILES string of the molecule is CCC(NC1CCC(C)CC1)C1CCOC1. The van der Waals surface area contributed by atoms with Crippen LogP contribution < -0.4 is 5.32 Å². The van der Waals surface area contributed by atoms with Crippen molar-refractivity contribution in [1.82, 2.24) is 5.32 Å². The summed E-state index contributed by atoms with van der Waals surface area (Å²) in [6.07, 6.45) is 8.09. The first kappa shape index (κ1) is 12.4. The zero-order valence-electron chi connectivity index (χ0n) is 10.9. The van der Waals surface area contributed by atoms with Crippen molar-refractivity contribution < 1.29 is 4.74 Å². The molecule has 1 N–H and O–H groups in total. The van der Waals surface area contributed by atoms with Crippen LogP contribution in [-0.2, 0) is 4.74 Å². The maximum atomic E-state index is 5.51. The standard InChI is InChI=1S/C14H27NO/c1-3-14(12-8-9-16-10-12)15-13-6-4-11(2)5-7-13/h11-15H,3-10H2,1-2H3. The molecule has 2 heteroatoms. The van der Waals surface area contributed by atoms with Gasteiger partial charge in [0.15, 0.2) is 0 Å². The Morgan fingerprint density at radius 1 is 1.19 bits per heavy atom.